The largest absolute Gasteiger partial charge is 0.497 e. The molecule has 0 aliphatic carbocycles. The van der Waals surface area contributed by atoms with Crippen molar-refractivity contribution in [2.75, 3.05) is 44.9 Å². The van der Waals surface area contributed by atoms with Crippen molar-refractivity contribution in [1.29, 1.82) is 0 Å². The Morgan fingerprint density at radius 1 is 0.967 bits per heavy atom. The summed E-state index contributed by atoms with van der Waals surface area (Å²) in [7, 11) is 1.59. The van der Waals surface area contributed by atoms with Gasteiger partial charge >= 0.3 is 0 Å². The molecule has 162 valence electrons. The van der Waals surface area contributed by atoms with Crippen molar-refractivity contribution in [3.05, 3.63) is 48.5 Å². The average molecular weight is 415 g/mol. The van der Waals surface area contributed by atoms with Crippen LogP contribution in [0, 0.1) is 0 Å². The predicted octanol–water partition coefficient (Wildman–Crippen LogP) is 1.97. The Kier molecular flexibility index (Phi) is 9.30. The van der Waals surface area contributed by atoms with Gasteiger partial charge in [0.05, 0.1) is 26.8 Å². The summed E-state index contributed by atoms with van der Waals surface area (Å²) >= 11 is 0. The molecule has 0 saturated carbocycles. The van der Waals surface area contributed by atoms with Crippen LogP contribution in [-0.2, 0) is 9.59 Å². The van der Waals surface area contributed by atoms with Crippen LogP contribution in [0.25, 0.3) is 0 Å². The first-order chi connectivity index (χ1) is 14.5. The lowest BCUT2D eigenvalue weighted by Gasteiger charge is -2.24. The number of carbonyl (C=O) groups excluding carboxylic acids is 2. The molecule has 2 aromatic rings. The summed E-state index contributed by atoms with van der Waals surface area (Å²) in [5, 5.41) is 2.82. The first-order valence-corrected chi connectivity index (χ1v) is 9.81. The third kappa shape index (κ3) is 7.90. The normalized spacial score (nSPS) is 10.2. The van der Waals surface area contributed by atoms with Gasteiger partial charge in [-0.15, -0.1) is 0 Å². The van der Waals surface area contributed by atoms with E-state index in [2.05, 4.69) is 5.32 Å². The smallest absolute Gasteiger partial charge is 0.239 e. The summed E-state index contributed by atoms with van der Waals surface area (Å²) in [6, 6.07) is 14.6. The maximum absolute atomic E-state index is 12.4. The molecule has 0 aromatic heterocycles. The van der Waals surface area contributed by atoms with E-state index in [1.807, 2.05) is 43.3 Å². The van der Waals surface area contributed by atoms with Crippen LogP contribution < -0.4 is 30.2 Å². The van der Waals surface area contributed by atoms with Gasteiger partial charge in [-0.25, -0.2) is 0 Å². The minimum absolute atomic E-state index is 0.0999. The lowest BCUT2D eigenvalue weighted by atomic mass is 10.2. The van der Waals surface area contributed by atoms with Gasteiger partial charge in [-0.3, -0.25) is 9.59 Å². The summed E-state index contributed by atoms with van der Waals surface area (Å²) in [5.74, 6) is 1.61. The van der Waals surface area contributed by atoms with Crippen LogP contribution in [0.15, 0.2) is 48.5 Å². The zero-order chi connectivity index (χ0) is 21.8. The fourth-order valence-electron chi connectivity index (χ4n) is 2.72. The van der Waals surface area contributed by atoms with Crippen molar-refractivity contribution in [2.45, 2.75) is 13.3 Å². The number of amides is 2. The second kappa shape index (κ2) is 12.2. The SMILES string of the molecule is CCOc1ccc(OCCNC(=O)CN(CCC(N)=O)c2ccc(OC)cc2)cc1. The monoisotopic (exact) mass is 415 g/mol. The van der Waals surface area contributed by atoms with Gasteiger partial charge in [0.15, 0.2) is 0 Å². The number of primary amides is 1. The number of nitrogens with zero attached hydrogens (tertiary/aromatic N) is 1. The summed E-state index contributed by atoms with van der Waals surface area (Å²) in [6.07, 6.45) is 0.153. The number of hydrogen-bond acceptors (Lipinski definition) is 6. The summed E-state index contributed by atoms with van der Waals surface area (Å²) < 4.78 is 16.2. The topological polar surface area (TPSA) is 103 Å². The quantitative estimate of drug-likeness (QED) is 0.485. The molecule has 0 saturated heterocycles. The molecule has 0 spiro atoms. The number of ether oxygens (including phenoxy) is 3. The van der Waals surface area contributed by atoms with Crippen molar-refractivity contribution in [3.63, 3.8) is 0 Å². The molecule has 2 amide bonds. The number of anilines is 1. The zero-order valence-electron chi connectivity index (χ0n) is 17.4. The van der Waals surface area contributed by atoms with Gasteiger partial charge in [0.2, 0.25) is 11.8 Å². The summed E-state index contributed by atoms with van der Waals surface area (Å²) in [6.45, 7) is 3.68. The number of benzene rings is 2. The molecule has 0 aliphatic rings. The first-order valence-electron chi connectivity index (χ1n) is 9.81. The van der Waals surface area contributed by atoms with Crippen LogP contribution >= 0.6 is 0 Å². The van der Waals surface area contributed by atoms with Gasteiger partial charge in [0, 0.05) is 18.7 Å². The molecule has 0 fully saturated rings. The molecule has 0 heterocycles. The third-order valence-corrected chi connectivity index (χ3v) is 4.23. The third-order valence-electron chi connectivity index (χ3n) is 4.23. The van der Waals surface area contributed by atoms with Crippen LogP contribution in [0.4, 0.5) is 5.69 Å². The van der Waals surface area contributed by atoms with E-state index in [-0.39, 0.29) is 18.9 Å². The van der Waals surface area contributed by atoms with Crippen molar-refractivity contribution < 1.29 is 23.8 Å². The summed E-state index contributed by atoms with van der Waals surface area (Å²) in [5.41, 5.74) is 6.07. The van der Waals surface area contributed by atoms with E-state index in [9.17, 15) is 9.59 Å². The Morgan fingerprint density at radius 2 is 1.57 bits per heavy atom. The zero-order valence-corrected chi connectivity index (χ0v) is 17.4. The predicted molar refractivity (Wildman–Crippen MR) is 115 cm³/mol. The Morgan fingerprint density at radius 3 is 2.13 bits per heavy atom. The van der Waals surface area contributed by atoms with E-state index in [1.165, 1.54) is 0 Å². The Bertz CT molecular complexity index is 793. The molecule has 3 N–H and O–H groups in total. The number of hydrogen-bond donors (Lipinski definition) is 2. The minimum Gasteiger partial charge on any atom is -0.497 e. The Labute approximate surface area is 176 Å². The maximum Gasteiger partial charge on any atom is 0.239 e. The highest BCUT2D eigenvalue weighted by atomic mass is 16.5. The van der Waals surface area contributed by atoms with Crippen LogP contribution in [0.2, 0.25) is 0 Å². The molecule has 0 bridgehead atoms. The molecule has 0 unspecified atom stereocenters. The van der Waals surface area contributed by atoms with Gasteiger partial charge in [0.1, 0.15) is 23.9 Å². The van der Waals surface area contributed by atoms with E-state index in [0.29, 0.717) is 37.8 Å². The van der Waals surface area contributed by atoms with E-state index in [4.69, 9.17) is 19.9 Å². The highest BCUT2D eigenvalue weighted by Gasteiger charge is 2.13. The number of rotatable bonds is 13. The maximum atomic E-state index is 12.4. The first kappa shape index (κ1) is 22.9. The van der Waals surface area contributed by atoms with Gasteiger partial charge in [-0.05, 0) is 55.5 Å². The molecule has 2 rings (SSSR count). The second-order valence-corrected chi connectivity index (χ2v) is 6.44. The number of nitrogens with one attached hydrogen (secondary N) is 1. The lowest BCUT2D eigenvalue weighted by molar-refractivity contribution is -0.120. The molecular formula is C22H29N3O5. The van der Waals surface area contributed by atoms with Crippen LogP contribution in [-0.4, -0.2) is 51.8 Å². The standard InChI is InChI=1S/C22H29N3O5/c1-3-29-19-8-10-20(11-9-19)30-15-13-24-22(27)16-25(14-12-21(23)26)17-4-6-18(28-2)7-5-17/h4-11H,3,12-16H2,1-2H3,(H2,23,26)(H,24,27). The molecule has 0 radical (unpaired) electrons. The fraction of sp³-hybridized carbons (Fsp3) is 0.364. The van der Waals surface area contributed by atoms with Crippen LogP contribution in [0.3, 0.4) is 0 Å². The van der Waals surface area contributed by atoms with Crippen molar-refractivity contribution in [1.82, 2.24) is 5.32 Å². The lowest BCUT2D eigenvalue weighted by Crippen LogP contribution is -2.40. The van der Waals surface area contributed by atoms with Crippen molar-refractivity contribution in [3.8, 4) is 17.2 Å². The van der Waals surface area contributed by atoms with Crippen molar-refractivity contribution >= 4 is 17.5 Å². The van der Waals surface area contributed by atoms with E-state index in [1.54, 1.807) is 24.1 Å². The average Bonchev–Trinajstić information content (AvgIpc) is 2.75. The molecule has 30 heavy (non-hydrogen) atoms. The van der Waals surface area contributed by atoms with Gasteiger partial charge in [-0.1, -0.05) is 0 Å². The Balaban J connectivity index is 1.81. The number of methoxy groups -OCH3 is 1. The van der Waals surface area contributed by atoms with E-state index in [0.717, 1.165) is 11.4 Å². The fourth-order valence-corrected chi connectivity index (χ4v) is 2.72. The van der Waals surface area contributed by atoms with Gasteiger partial charge in [0.25, 0.3) is 0 Å². The highest BCUT2D eigenvalue weighted by molar-refractivity contribution is 5.82. The molecule has 0 aliphatic heterocycles. The number of nitrogens with two attached hydrogens (primary N) is 1. The highest BCUT2D eigenvalue weighted by Crippen LogP contribution is 2.19. The van der Waals surface area contributed by atoms with E-state index < -0.39 is 5.91 Å². The van der Waals surface area contributed by atoms with E-state index >= 15 is 0 Å². The molecule has 0 atom stereocenters. The Hall–Kier alpha value is -3.42. The number of carbonyl (C=O) groups is 2. The summed E-state index contributed by atoms with van der Waals surface area (Å²) in [4.78, 5) is 25.3. The van der Waals surface area contributed by atoms with Crippen LogP contribution in [0.1, 0.15) is 13.3 Å². The van der Waals surface area contributed by atoms with Crippen LogP contribution in [0.5, 0.6) is 17.2 Å². The van der Waals surface area contributed by atoms with Crippen molar-refractivity contribution in [2.24, 2.45) is 5.73 Å². The minimum atomic E-state index is -0.419. The van der Waals surface area contributed by atoms with Gasteiger partial charge in [-0.2, -0.15) is 0 Å². The molecule has 8 nitrogen and oxygen atoms in total. The molecule has 8 heteroatoms. The molecule has 2 aromatic carbocycles. The molecular weight excluding hydrogens is 386 g/mol. The second-order valence-electron chi connectivity index (χ2n) is 6.44. The van der Waals surface area contributed by atoms with Gasteiger partial charge < -0.3 is 30.2 Å².